The minimum atomic E-state index is -0.0236. The van der Waals surface area contributed by atoms with E-state index in [1.165, 1.54) is 5.56 Å². The first-order valence-corrected chi connectivity index (χ1v) is 17.3. The van der Waals surface area contributed by atoms with Gasteiger partial charge in [0.1, 0.15) is 18.4 Å². The van der Waals surface area contributed by atoms with Crippen molar-refractivity contribution in [1.29, 1.82) is 0 Å². The molecular weight excluding hydrogens is 612 g/mol. The van der Waals surface area contributed by atoms with E-state index in [1.807, 2.05) is 12.1 Å². The molecule has 1 aromatic heterocycles. The van der Waals surface area contributed by atoms with E-state index >= 15 is 0 Å². The number of aryl methyl sites for hydroxylation is 1. The lowest BCUT2D eigenvalue weighted by molar-refractivity contribution is -0.671. The molecule has 256 valence electrons. The number of unbranched alkanes of at least 4 members (excludes halogenated alkanes) is 2. The molecule has 0 bridgehead atoms. The summed E-state index contributed by atoms with van der Waals surface area (Å²) >= 11 is 0. The number of amides is 2. The molecule has 0 saturated heterocycles. The number of benzene rings is 2. The summed E-state index contributed by atoms with van der Waals surface area (Å²) in [6.07, 6.45) is 8.66. The van der Waals surface area contributed by atoms with E-state index in [1.54, 1.807) is 0 Å². The predicted molar refractivity (Wildman–Crippen MR) is 182 cm³/mol. The van der Waals surface area contributed by atoms with Crippen molar-refractivity contribution in [3.63, 3.8) is 0 Å². The van der Waals surface area contributed by atoms with Crippen molar-refractivity contribution in [3.05, 3.63) is 66.2 Å². The van der Waals surface area contributed by atoms with E-state index < -0.39 is 0 Å². The second-order valence-corrected chi connectivity index (χ2v) is 12.2. The first-order valence-electron chi connectivity index (χ1n) is 17.3. The van der Waals surface area contributed by atoms with Crippen LogP contribution in [0.3, 0.4) is 0 Å². The largest absolute Gasteiger partial charge is 0.485 e. The summed E-state index contributed by atoms with van der Waals surface area (Å²) in [5, 5.41) is 6.73. The van der Waals surface area contributed by atoms with Gasteiger partial charge in [0.15, 0.2) is 11.9 Å². The van der Waals surface area contributed by atoms with Gasteiger partial charge >= 0.3 is 0 Å². The molecule has 1 unspecified atom stereocenters. The van der Waals surface area contributed by atoms with Gasteiger partial charge in [-0.1, -0.05) is 18.2 Å². The molecule has 3 aliphatic rings. The van der Waals surface area contributed by atoms with Crippen molar-refractivity contribution in [3.8, 4) is 11.5 Å². The fraction of sp³-hybridized carbons (Fsp3) is 0.486. The Morgan fingerprint density at radius 3 is 2.48 bits per heavy atom. The number of hydrogen-bond donors (Lipinski definition) is 2. The minimum Gasteiger partial charge on any atom is -0.485 e. The molecule has 2 aromatic carbocycles. The fourth-order valence-corrected chi connectivity index (χ4v) is 6.53. The number of para-hydroxylation sites is 2. The molecule has 2 N–H and O–H groups in total. The highest BCUT2D eigenvalue weighted by molar-refractivity contribution is 5.99. The lowest BCUT2D eigenvalue weighted by Crippen LogP contribution is -2.39. The minimum absolute atomic E-state index is 0.0236. The highest BCUT2D eigenvalue weighted by Crippen LogP contribution is 2.49. The summed E-state index contributed by atoms with van der Waals surface area (Å²) in [7, 11) is 0. The summed E-state index contributed by atoms with van der Waals surface area (Å²) < 4.78 is 31.8. The maximum Gasteiger partial charge on any atom is 0.219 e. The molecule has 6 rings (SSSR count). The normalized spacial score (nSPS) is 15.8. The number of aromatic nitrogens is 1. The predicted octanol–water partition coefficient (Wildman–Crippen LogP) is 4.11. The fourth-order valence-electron chi connectivity index (χ4n) is 6.53. The molecule has 0 saturated carbocycles. The first-order chi connectivity index (χ1) is 23.7. The van der Waals surface area contributed by atoms with Crippen LogP contribution in [-0.4, -0.2) is 77.7 Å². The zero-order chi connectivity index (χ0) is 33.0. The Hall–Kier alpha value is -4.19. The van der Waals surface area contributed by atoms with Crippen molar-refractivity contribution in [1.82, 2.24) is 10.6 Å². The first kappa shape index (κ1) is 33.7. The van der Waals surface area contributed by atoms with Crippen LogP contribution in [0.1, 0.15) is 50.5 Å². The summed E-state index contributed by atoms with van der Waals surface area (Å²) in [4.78, 5) is 24.8. The highest BCUT2D eigenvalue weighted by Gasteiger charge is 2.41. The van der Waals surface area contributed by atoms with Gasteiger partial charge in [-0.2, -0.15) is 4.57 Å². The van der Waals surface area contributed by atoms with Crippen LogP contribution in [0.5, 0.6) is 11.5 Å². The summed E-state index contributed by atoms with van der Waals surface area (Å²) in [5.41, 5.74) is 4.60. The monoisotopic (exact) mass is 659 g/mol. The maximum absolute atomic E-state index is 12.3. The molecule has 0 aliphatic carbocycles. The van der Waals surface area contributed by atoms with Gasteiger partial charge in [-0.25, -0.2) is 0 Å². The Kier molecular flexibility index (Phi) is 12.1. The Balaban J connectivity index is 0.874. The zero-order valence-corrected chi connectivity index (χ0v) is 27.6. The van der Waals surface area contributed by atoms with E-state index in [0.29, 0.717) is 65.6 Å². The second-order valence-electron chi connectivity index (χ2n) is 12.2. The second kappa shape index (κ2) is 17.3. The molecule has 4 heterocycles. The van der Waals surface area contributed by atoms with Gasteiger partial charge in [0.25, 0.3) is 0 Å². The van der Waals surface area contributed by atoms with Crippen LogP contribution in [0.2, 0.25) is 0 Å². The van der Waals surface area contributed by atoms with E-state index in [0.717, 1.165) is 91.2 Å². The third kappa shape index (κ3) is 8.26. The molecule has 0 radical (unpaired) electrons. The van der Waals surface area contributed by atoms with Crippen LogP contribution in [0.4, 0.5) is 5.69 Å². The number of nitrogens with zero attached hydrogens (tertiary/aromatic N) is 2. The van der Waals surface area contributed by atoms with E-state index in [-0.39, 0.29) is 12.0 Å². The molecule has 3 aromatic rings. The van der Waals surface area contributed by atoms with Gasteiger partial charge in [-0.15, -0.1) is 0 Å². The average Bonchev–Trinajstić information content (AvgIpc) is 3.49. The van der Waals surface area contributed by atoms with Crippen LogP contribution < -0.4 is 29.6 Å². The molecule has 11 heteroatoms. The molecule has 1 atom stereocenters. The maximum atomic E-state index is 12.3. The van der Waals surface area contributed by atoms with E-state index in [4.69, 9.17) is 23.7 Å². The number of rotatable bonds is 21. The molecule has 48 heavy (non-hydrogen) atoms. The molecule has 0 spiro atoms. The zero-order valence-electron chi connectivity index (χ0n) is 27.6. The lowest BCUT2D eigenvalue weighted by atomic mass is 9.90. The summed E-state index contributed by atoms with van der Waals surface area (Å²) in [6, 6.07) is 16.8. The Morgan fingerprint density at radius 2 is 1.65 bits per heavy atom. The topological polar surface area (TPSA) is 111 Å². The lowest BCUT2D eigenvalue weighted by Gasteiger charge is -2.35. The van der Waals surface area contributed by atoms with Gasteiger partial charge < -0.3 is 39.2 Å². The summed E-state index contributed by atoms with van der Waals surface area (Å²) in [5.74, 6) is 2.82. The Labute approximate surface area is 282 Å². The molecular formula is C37H47N4O7+. The average molecular weight is 660 g/mol. The van der Waals surface area contributed by atoms with E-state index in [9.17, 15) is 9.59 Å². The van der Waals surface area contributed by atoms with Gasteiger partial charge in [0, 0.05) is 69.8 Å². The summed E-state index contributed by atoms with van der Waals surface area (Å²) in [6.45, 7) is 6.22. The third-order valence-electron chi connectivity index (χ3n) is 8.87. The van der Waals surface area contributed by atoms with Crippen molar-refractivity contribution >= 4 is 34.5 Å². The Morgan fingerprint density at radius 1 is 0.875 bits per heavy atom. The van der Waals surface area contributed by atoms with Crippen molar-refractivity contribution < 1.29 is 37.8 Å². The molecule has 3 aliphatic heterocycles. The Bertz CT molecular complexity index is 1580. The smallest absolute Gasteiger partial charge is 0.219 e. The quantitative estimate of drug-likeness (QED) is 0.0999. The van der Waals surface area contributed by atoms with Crippen molar-refractivity contribution in [2.24, 2.45) is 0 Å². The number of carbonyl (C=O) groups excluding carboxylic acids is 2. The van der Waals surface area contributed by atoms with E-state index in [2.05, 4.69) is 62.7 Å². The van der Waals surface area contributed by atoms with Crippen LogP contribution >= 0.6 is 0 Å². The number of ether oxygens (including phenoxy) is 5. The standard InChI is InChI=1S/C37H46N4O7/c42-27-38-16-7-21-44-23-25-46-26-24-45-22-8-17-39-34(43)13-2-1-5-18-40-19-14-28-35-30(40)10-6-12-32(35)47-33-15-20-41-29-9-3-4-11-31(29)48-37(41)36(28)33/h3-4,6,9-12,14,19,27,33H,1-2,5,7-8,13,15-18,20-26H2,(H-,38,39,42,43)/p+1. The van der Waals surface area contributed by atoms with Gasteiger partial charge in [-0.3, -0.25) is 9.59 Å². The number of fused-ring (bicyclic) bond motifs is 5. The van der Waals surface area contributed by atoms with Crippen LogP contribution in [0.15, 0.2) is 60.6 Å². The number of nitrogens with one attached hydrogen (secondary N) is 2. The number of anilines is 1. The molecule has 11 nitrogen and oxygen atoms in total. The van der Waals surface area contributed by atoms with Crippen LogP contribution in [-0.2, 0) is 30.3 Å². The van der Waals surface area contributed by atoms with Gasteiger partial charge in [-0.05, 0) is 43.9 Å². The molecule has 2 amide bonds. The molecule has 0 fully saturated rings. The van der Waals surface area contributed by atoms with Crippen molar-refractivity contribution in [2.75, 3.05) is 64.2 Å². The van der Waals surface area contributed by atoms with Crippen molar-refractivity contribution in [2.45, 2.75) is 57.6 Å². The third-order valence-corrected chi connectivity index (χ3v) is 8.87. The number of carbonyl (C=O) groups is 2. The number of hydrogen-bond acceptors (Lipinski definition) is 8. The number of pyridine rings is 1. The SMILES string of the molecule is O=CNCCCOCCOCCOCCCNC(=O)CCCCC[n+]1ccc2c3c(cccc31)OC1CCN3C(=C21)Oc1ccccc13. The van der Waals surface area contributed by atoms with Crippen LogP contribution in [0, 0.1) is 0 Å². The van der Waals surface area contributed by atoms with Gasteiger partial charge in [0.2, 0.25) is 23.7 Å². The van der Waals surface area contributed by atoms with Gasteiger partial charge in [0.05, 0.1) is 43.1 Å². The van der Waals surface area contributed by atoms with Crippen LogP contribution in [0.25, 0.3) is 16.5 Å². The highest BCUT2D eigenvalue weighted by atomic mass is 16.5.